The van der Waals surface area contributed by atoms with Crippen LogP contribution in [-0.2, 0) is 6.42 Å². The van der Waals surface area contributed by atoms with Crippen LogP contribution in [0, 0.1) is 0 Å². The van der Waals surface area contributed by atoms with Gasteiger partial charge < -0.3 is 5.11 Å². The van der Waals surface area contributed by atoms with E-state index in [1.54, 1.807) is 0 Å². The van der Waals surface area contributed by atoms with Crippen molar-refractivity contribution in [3.8, 4) is 0 Å². The zero-order chi connectivity index (χ0) is 8.55. The van der Waals surface area contributed by atoms with E-state index in [1.165, 1.54) is 5.56 Å². The van der Waals surface area contributed by atoms with E-state index >= 15 is 0 Å². The molecule has 12 heavy (non-hydrogen) atoms. The van der Waals surface area contributed by atoms with Gasteiger partial charge in [-0.05, 0) is 42.5 Å². The van der Waals surface area contributed by atoms with E-state index in [2.05, 4.69) is 0 Å². The second kappa shape index (κ2) is 3.08. The Balaban J connectivity index is 2.47. The first-order valence-corrected chi connectivity index (χ1v) is 4.61. The molecule has 1 aromatic rings. The molecule has 0 radical (unpaired) electrons. The number of aliphatic hydroxyl groups excluding tert-OH is 1. The van der Waals surface area contributed by atoms with Crippen molar-refractivity contribution in [1.82, 2.24) is 0 Å². The molecule has 1 aliphatic carbocycles. The largest absolute Gasteiger partial charge is 0.388 e. The molecule has 0 amide bonds. The Morgan fingerprint density at radius 1 is 1.42 bits per heavy atom. The number of aliphatic hydroxyl groups is 1. The highest BCUT2D eigenvalue weighted by molar-refractivity contribution is 6.30. The molecule has 0 fully saturated rings. The van der Waals surface area contributed by atoms with Gasteiger partial charge >= 0.3 is 0 Å². The number of halogens is 1. The highest BCUT2D eigenvalue weighted by atomic mass is 35.5. The van der Waals surface area contributed by atoms with Gasteiger partial charge in [0.05, 0.1) is 6.10 Å². The minimum Gasteiger partial charge on any atom is -0.388 e. The van der Waals surface area contributed by atoms with Crippen LogP contribution in [0.2, 0.25) is 5.02 Å². The summed E-state index contributed by atoms with van der Waals surface area (Å²) >= 11 is 5.83. The third-order valence-corrected chi connectivity index (χ3v) is 2.63. The molecule has 0 heterocycles. The lowest BCUT2D eigenvalue weighted by molar-refractivity contribution is 0.156. The Hall–Kier alpha value is -0.530. The monoisotopic (exact) mass is 182 g/mol. The fraction of sp³-hybridized carbons (Fsp3) is 0.400. The molecule has 2 rings (SSSR count). The zero-order valence-electron chi connectivity index (χ0n) is 6.76. The number of rotatable bonds is 0. The topological polar surface area (TPSA) is 20.2 Å². The summed E-state index contributed by atoms with van der Waals surface area (Å²) in [6, 6.07) is 5.78. The molecule has 1 atom stereocenters. The first-order chi connectivity index (χ1) is 5.77. The number of hydrogen-bond acceptors (Lipinski definition) is 1. The van der Waals surface area contributed by atoms with Crippen molar-refractivity contribution in [1.29, 1.82) is 0 Å². The number of benzene rings is 1. The average molecular weight is 183 g/mol. The molecular weight excluding hydrogens is 172 g/mol. The molecule has 0 aliphatic heterocycles. The van der Waals surface area contributed by atoms with Crippen LogP contribution in [0.5, 0.6) is 0 Å². The molecule has 1 nitrogen and oxygen atoms in total. The van der Waals surface area contributed by atoms with Gasteiger partial charge in [-0.3, -0.25) is 0 Å². The maximum atomic E-state index is 9.63. The van der Waals surface area contributed by atoms with Crippen LogP contribution < -0.4 is 0 Å². The fourth-order valence-corrected chi connectivity index (χ4v) is 1.93. The summed E-state index contributed by atoms with van der Waals surface area (Å²) in [5.74, 6) is 0. The summed E-state index contributed by atoms with van der Waals surface area (Å²) < 4.78 is 0. The van der Waals surface area contributed by atoms with Gasteiger partial charge in [0.1, 0.15) is 0 Å². The van der Waals surface area contributed by atoms with Gasteiger partial charge in [-0.25, -0.2) is 0 Å². The van der Waals surface area contributed by atoms with Gasteiger partial charge in [0.2, 0.25) is 0 Å². The summed E-state index contributed by atoms with van der Waals surface area (Å²) in [7, 11) is 0. The summed E-state index contributed by atoms with van der Waals surface area (Å²) in [6.07, 6.45) is 2.72. The SMILES string of the molecule is O[C@@H]1CCCc2ccc(Cl)cc21. The first-order valence-electron chi connectivity index (χ1n) is 4.24. The quantitative estimate of drug-likeness (QED) is 0.654. The van der Waals surface area contributed by atoms with E-state index in [1.807, 2.05) is 18.2 Å². The maximum absolute atomic E-state index is 9.63. The van der Waals surface area contributed by atoms with E-state index < -0.39 is 0 Å². The lowest BCUT2D eigenvalue weighted by atomic mass is 9.90. The van der Waals surface area contributed by atoms with Crippen LogP contribution >= 0.6 is 11.6 Å². The molecule has 1 N–H and O–H groups in total. The molecule has 0 unspecified atom stereocenters. The average Bonchev–Trinajstić information content (AvgIpc) is 2.07. The Labute approximate surface area is 77.0 Å². The Bertz CT molecular complexity index is 296. The van der Waals surface area contributed by atoms with E-state index in [-0.39, 0.29) is 6.10 Å². The Kier molecular flexibility index (Phi) is 2.07. The van der Waals surface area contributed by atoms with Crippen molar-refractivity contribution in [2.24, 2.45) is 0 Å². The zero-order valence-corrected chi connectivity index (χ0v) is 7.51. The molecular formula is C10H11ClO. The number of hydrogen-bond donors (Lipinski definition) is 1. The molecule has 1 aromatic carbocycles. The lowest BCUT2D eigenvalue weighted by Gasteiger charge is -2.20. The molecule has 2 heteroatoms. The van der Waals surface area contributed by atoms with Crippen LogP contribution in [0.3, 0.4) is 0 Å². The molecule has 0 saturated heterocycles. The van der Waals surface area contributed by atoms with Gasteiger partial charge in [0, 0.05) is 5.02 Å². The Morgan fingerprint density at radius 2 is 2.25 bits per heavy atom. The first kappa shape index (κ1) is 8.09. The van der Waals surface area contributed by atoms with Crippen LogP contribution in [0.25, 0.3) is 0 Å². The highest BCUT2D eigenvalue weighted by Crippen LogP contribution is 2.31. The lowest BCUT2D eigenvalue weighted by Crippen LogP contribution is -2.08. The smallest absolute Gasteiger partial charge is 0.0793 e. The van der Waals surface area contributed by atoms with Crippen LogP contribution in [0.1, 0.15) is 30.1 Å². The third-order valence-electron chi connectivity index (χ3n) is 2.39. The van der Waals surface area contributed by atoms with Crippen molar-refractivity contribution in [2.75, 3.05) is 0 Å². The molecule has 0 bridgehead atoms. The molecule has 64 valence electrons. The summed E-state index contributed by atoms with van der Waals surface area (Å²) in [5, 5.41) is 10.3. The van der Waals surface area contributed by atoms with Crippen molar-refractivity contribution in [3.05, 3.63) is 34.3 Å². The minimum atomic E-state index is -0.299. The van der Waals surface area contributed by atoms with Gasteiger partial charge in [-0.1, -0.05) is 17.7 Å². The minimum absolute atomic E-state index is 0.299. The van der Waals surface area contributed by atoms with E-state index in [0.717, 1.165) is 29.8 Å². The third kappa shape index (κ3) is 1.35. The highest BCUT2D eigenvalue weighted by Gasteiger charge is 2.17. The van der Waals surface area contributed by atoms with Gasteiger partial charge in [0.15, 0.2) is 0 Å². The normalized spacial score (nSPS) is 22.0. The van der Waals surface area contributed by atoms with Crippen LogP contribution in [-0.4, -0.2) is 5.11 Å². The van der Waals surface area contributed by atoms with Gasteiger partial charge in [-0.15, -0.1) is 0 Å². The van der Waals surface area contributed by atoms with Gasteiger partial charge in [-0.2, -0.15) is 0 Å². The predicted octanol–water partition coefficient (Wildman–Crippen LogP) is 2.71. The van der Waals surface area contributed by atoms with E-state index in [4.69, 9.17) is 11.6 Å². The second-order valence-corrected chi connectivity index (χ2v) is 3.69. The molecule has 0 aromatic heterocycles. The molecule has 1 aliphatic rings. The molecule has 0 spiro atoms. The second-order valence-electron chi connectivity index (χ2n) is 3.25. The predicted molar refractivity (Wildman–Crippen MR) is 49.3 cm³/mol. The van der Waals surface area contributed by atoms with Crippen molar-refractivity contribution in [2.45, 2.75) is 25.4 Å². The van der Waals surface area contributed by atoms with Crippen molar-refractivity contribution >= 4 is 11.6 Å². The summed E-state index contributed by atoms with van der Waals surface area (Å²) in [5.41, 5.74) is 2.27. The van der Waals surface area contributed by atoms with E-state index in [9.17, 15) is 5.11 Å². The Morgan fingerprint density at radius 3 is 3.08 bits per heavy atom. The summed E-state index contributed by atoms with van der Waals surface area (Å²) in [4.78, 5) is 0. The van der Waals surface area contributed by atoms with E-state index in [0.29, 0.717) is 0 Å². The maximum Gasteiger partial charge on any atom is 0.0793 e. The number of fused-ring (bicyclic) bond motifs is 1. The van der Waals surface area contributed by atoms with Crippen LogP contribution in [0.15, 0.2) is 18.2 Å². The molecule has 0 saturated carbocycles. The fourth-order valence-electron chi connectivity index (χ4n) is 1.75. The summed E-state index contributed by atoms with van der Waals surface area (Å²) in [6.45, 7) is 0. The standard InChI is InChI=1S/C10H11ClO/c11-8-5-4-7-2-1-3-10(12)9(7)6-8/h4-6,10,12H,1-3H2/t10-/m1/s1. The van der Waals surface area contributed by atoms with Crippen LogP contribution in [0.4, 0.5) is 0 Å². The number of aryl methyl sites for hydroxylation is 1. The van der Waals surface area contributed by atoms with Gasteiger partial charge in [0.25, 0.3) is 0 Å². The van der Waals surface area contributed by atoms with Crippen molar-refractivity contribution < 1.29 is 5.11 Å². The van der Waals surface area contributed by atoms with Crippen molar-refractivity contribution in [3.63, 3.8) is 0 Å².